The van der Waals surface area contributed by atoms with E-state index in [-0.39, 0.29) is 17.7 Å². The molecule has 3 atom stereocenters. The fourth-order valence-corrected chi connectivity index (χ4v) is 3.76. The Morgan fingerprint density at radius 1 is 1.33 bits per heavy atom. The summed E-state index contributed by atoms with van der Waals surface area (Å²) >= 11 is 0. The number of rotatable bonds is 7. The van der Waals surface area contributed by atoms with Crippen LogP contribution in [0.4, 0.5) is 0 Å². The maximum absolute atomic E-state index is 12.6. The standard InChI is InChI=1S/C15H29NO4Si/c1-6-7-8-9-13(17)15(2)14-12(10-18-15)11-19-16(14)20-21(3,4)5/h12,14H,6-11H2,1-5H3. The predicted octanol–water partition coefficient (Wildman–Crippen LogP) is 2.92. The Labute approximate surface area is 129 Å². The van der Waals surface area contributed by atoms with Crippen LogP contribution in [0.1, 0.15) is 39.5 Å². The molecule has 2 aliphatic rings. The molecule has 0 bridgehead atoms. The fourth-order valence-electron chi connectivity index (χ4n) is 3.05. The van der Waals surface area contributed by atoms with Crippen molar-refractivity contribution in [1.29, 1.82) is 0 Å². The van der Waals surface area contributed by atoms with E-state index in [0.717, 1.165) is 19.3 Å². The maximum Gasteiger partial charge on any atom is 0.215 e. The number of carbonyl (C=O) groups is 1. The molecule has 2 heterocycles. The summed E-state index contributed by atoms with van der Waals surface area (Å²) in [5.41, 5.74) is -0.797. The summed E-state index contributed by atoms with van der Waals surface area (Å²) in [5.74, 6) is 0.402. The van der Waals surface area contributed by atoms with Gasteiger partial charge in [-0.2, -0.15) is 0 Å². The third-order valence-electron chi connectivity index (χ3n) is 4.18. The lowest BCUT2D eigenvalue weighted by molar-refractivity contribution is -0.325. The molecule has 0 aromatic carbocycles. The van der Waals surface area contributed by atoms with Gasteiger partial charge >= 0.3 is 0 Å². The van der Waals surface area contributed by atoms with Crippen LogP contribution in [0.3, 0.4) is 0 Å². The first kappa shape index (κ1) is 17.1. The summed E-state index contributed by atoms with van der Waals surface area (Å²) in [7, 11) is -1.78. The lowest BCUT2D eigenvalue weighted by Gasteiger charge is -2.35. The second-order valence-electron chi connectivity index (χ2n) is 7.29. The lowest BCUT2D eigenvalue weighted by atomic mass is 9.85. The van der Waals surface area contributed by atoms with Crippen molar-refractivity contribution in [2.75, 3.05) is 13.2 Å². The zero-order valence-corrected chi connectivity index (χ0v) is 15.0. The predicted molar refractivity (Wildman–Crippen MR) is 83.0 cm³/mol. The second-order valence-corrected chi connectivity index (χ2v) is 11.7. The number of nitrogens with zero attached hydrogens (tertiary/aromatic N) is 1. The molecule has 0 aromatic heterocycles. The summed E-state index contributed by atoms with van der Waals surface area (Å²) in [6.45, 7) is 11.5. The van der Waals surface area contributed by atoms with Crippen LogP contribution in [0, 0.1) is 5.92 Å². The Morgan fingerprint density at radius 2 is 2.05 bits per heavy atom. The second kappa shape index (κ2) is 6.46. The summed E-state index contributed by atoms with van der Waals surface area (Å²) < 4.78 is 11.9. The maximum atomic E-state index is 12.6. The molecule has 6 heteroatoms. The van der Waals surface area contributed by atoms with E-state index in [4.69, 9.17) is 14.1 Å². The quantitative estimate of drug-likeness (QED) is 0.534. The average Bonchev–Trinajstić information content (AvgIpc) is 2.92. The number of ketones is 1. The van der Waals surface area contributed by atoms with Crippen LogP contribution in [-0.4, -0.2) is 44.2 Å². The van der Waals surface area contributed by atoms with Gasteiger partial charge in [0, 0.05) is 12.3 Å². The van der Waals surface area contributed by atoms with Crippen LogP contribution >= 0.6 is 0 Å². The van der Waals surface area contributed by atoms with Crippen molar-refractivity contribution in [3.05, 3.63) is 0 Å². The molecule has 0 spiro atoms. The minimum atomic E-state index is -1.78. The van der Waals surface area contributed by atoms with Crippen LogP contribution in [0.15, 0.2) is 0 Å². The molecule has 0 N–H and O–H groups in total. The van der Waals surface area contributed by atoms with E-state index < -0.39 is 13.9 Å². The summed E-state index contributed by atoms with van der Waals surface area (Å²) in [6.07, 6.45) is 3.71. The van der Waals surface area contributed by atoms with Crippen LogP contribution in [0.2, 0.25) is 19.6 Å². The van der Waals surface area contributed by atoms with E-state index in [0.29, 0.717) is 19.6 Å². The van der Waals surface area contributed by atoms with Crippen LogP contribution in [0.25, 0.3) is 0 Å². The lowest BCUT2D eigenvalue weighted by Crippen LogP contribution is -2.54. The van der Waals surface area contributed by atoms with Gasteiger partial charge in [-0.15, -0.1) is 0 Å². The molecule has 2 fully saturated rings. The molecule has 0 radical (unpaired) electrons. The number of Topliss-reactive ketones (excluding diaryl/α,β-unsaturated/α-hetero) is 1. The van der Waals surface area contributed by atoms with Gasteiger partial charge in [0.2, 0.25) is 8.32 Å². The Morgan fingerprint density at radius 3 is 2.67 bits per heavy atom. The van der Waals surface area contributed by atoms with Crippen LogP contribution < -0.4 is 0 Å². The number of hydroxylamine groups is 2. The highest BCUT2D eigenvalue weighted by atomic mass is 28.4. The molecule has 0 amide bonds. The zero-order valence-electron chi connectivity index (χ0n) is 14.0. The van der Waals surface area contributed by atoms with Gasteiger partial charge in [0.25, 0.3) is 0 Å². The molecule has 0 saturated carbocycles. The largest absolute Gasteiger partial charge is 0.365 e. The average molecular weight is 315 g/mol. The Bertz CT molecular complexity index is 384. The van der Waals surface area contributed by atoms with Crippen molar-refractivity contribution in [1.82, 2.24) is 5.23 Å². The molecule has 2 saturated heterocycles. The monoisotopic (exact) mass is 315 g/mol. The summed E-state index contributed by atoms with van der Waals surface area (Å²) in [5, 5.41) is 1.58. The molecule has 0 aromatic rings. The van der Waals surface area contributed by atoms with Gasteiger partial charge in [0.15, 0.2) is 5.78 Å². The van der Waals surface area contributed by atoms with Crippen molar-refractivity contribution in [3.8, 4) is 0 Å². The number of hydrogen-bond acceptors (Lipinski definition) is 5. The van der Waals surface area contributed by atoms with Crippen molar-refractivity contribution < 1.29 is 18.9 Å². The first-order chi connectivity index (χ1) is 9.78. The molecular formula is C15H29NO4Si. The fraction of sp³-hybridized carbons (Fsp3) is 0.933. The first-order valence-electron chi connectivity index (χ1n) is 8.06. The molecule has 21 heavy (non-hydrogen) atoms. The van der Waals surface area contributed by atoms with Crippen LogP contribution in [-0.2, 0) is 18.9 Å². The number of hydrogen-bond donors (Lipinski definition) is 0. The van der Waals surface area contributed by atoms with E-state index >= 15 is 0 Å². The topological polar surface area (TPSA) is 48.0 Å². The van der Waals surface area contributed by atoms with E-state index in [1.807, 2.05) is 6.92 Å². The first-order valence-corrected chi connectivity index (χ1v) is 11.5. The number of fused-ring (bicyclic) bond motifs is 1. The molecule has 122 valence electrons. The minimum absolute atomic E-state index is 0.113. The Kier molecular flexibility index (Phi) is 5.26. The van der Waals surface area contributed by atoms with Gasteiger partial charge in [0.05, 0.1) is 13.2 Å². The molecule has 3 unspecified atom stereocenters. The SMILES string of the molecule is CCCCCC(=O)C1(C)OCC2CON(O[Si](C)(C)C)C21. The highest BCUT2D eigenvalue weighted by Gasteiger charge is 2.58. The number of unbranched alkanes of at least 4 members (excludes halogenated alkanes) is 2. The van der Waals surface area contributed by atoms with Gasteiger partial charge in [-0.1, -0.05) is 25.0 Å². The Hall–Kier alpha value is -0.273. The molecule has 2 aliphatic heterocycles. The van der Waals surface area contributed by atoms with Gasteiger partial charge in [-0.3, -0.25) is 9.63 Å². The van der Waals surface area contributed by atoms with Crippen molar-refractivity contribution in [3.63, 3.8) is 0 Å². The molecule has 5 nitrogen and oxygen atoms in total. The molecular weight excluding hydrogens is 286 g/mol. The van der Waals surface area contributed by atoms with E-state index in [1.165, 1.54) is 0 Å². The summed E-state index contributed by atoms with van der Waals surface area (Å²) in [6, 6.07) is -0.113. The van der Waals surface area contributed by atoms with Gasteiger partial charge in [-0.25, -0.2) is 0 Å². The highest BCUT2D eigenvalue weighted by Crippen LogP contribution is 2.41. The van der Waals surface area contributed by atoms with Gasteiger partial charge < -0.3 is 9.26 Å². The van der Waals surface area contributed by atoms with E-state index in [1.54, 1.807) is 5.23 Å². The van der Waals surface area contributed by atoms with Crippen molar-refractivity contribution in [2.45, 2.75) is 70.8 Å². The number of ether oxygens (including phenoxy) is 1. The van der Waals surface area contributed by atoms with E-state index in [9.17, 15) is 4.79 Å². The van der Waals surface area contributed by atoms with Gasteiger partial charge in [0.1, 0.15) is 11.6 Å². The minimum Gasteiger partial charge on any atom is -0.365 e. The van der Waals surface area contributed by atoms with Gasteiger partial charge in [-0.05, 0) is 33.0 Å². The highest BCUT2D eigenvalue weighted by molar-refractivity contribution is 6.69. The third-order valence-corrected chi connectivity index (χ3v) is 4.90. The third kappa shape index (κ3) is 3.74. The smallest absolute Gasteiger partial charge is 0.215 e. The molecule has 2 rings (SSSR count). The van der Waals surface area contributed by atoms with Crippen molar-refractivity contribution in [2.24, 2.45) is 5.92 Å². The zero-order chi connectivity index (χ0) is 15.7. The van der Waals surface area contributed by atoms with Crippen LogP contribution in [0.5, 0.6) is 0 Å². The van der Waals surface area contributed by atoms with Crippen molar-refractivity contribution >= 4 is 14.1 Å². The number of carbonyl (C=O) groups excluding carboxylic acids is 1. The normalized spacial score (nSPS) is 33.4. The molecule has 0 aliphatic carbocycles. The Balaban J connectivity index is 2.07. The summed E-state index contributed by atoms with van der Waals surface area (Å²) in [4.78, 5) is 18.3. The van der Waals surface area contributed by atoms with E-state index in [2.05, 4.69) is 26.6 Å².